The van der Waals surface area contributed by atoms with Gasteiger partial charge in [0.15, 0.2) is 0 Å². The summed E-state index contributed by atoms with van der Waals surface area (Å²) >= 11 is 1.64. The van der Waals surface area contributed by atoms with Gasteiger partial charge in [-0.1, -0.05) is 59.9 Å². The maximum Gasteiger partial charge on any atom is 0.211 e. The molecule has 0 aliphatic carbocycles. The van der Waals surface area contributed by atoms with Gasteiger partial charge in [-0.2, -0.15) is 5.10 Å². The minimum Gasteiger partial charge on any atom is -0.318 e. The third-order valence-corrected chi connectivity index (χ3v) is 4.42. The monoisotopic (exact) mass is 307 g/mol. The standard InChI is InChI=1S/C18H17N3S/c1-14(12-15-8-4-3-5-9-15)13-19-20-18-21(2)16-10-6-7-11-17(16)22-18/h3-13H,1-2H3/b14-12+,19-13-,20-18+. The molecule has 3 nitrogen and oxygen atoms in total. The molecule has 3 aromatic rings. The molecule has 0 bridgehead atoms. The topological polar surface area (TPSA) is 29.6 Å². The Morgan fingerprint density at radius 1 is 1.05 bits per heavy atom. The van der Waals surface area contributed by atoms with Crippen LogP contribution < -0.4 is 4.80 Å². The average Bonchev–Trinajstić information content (AvgIpc) is 2.85. The van der Waals surface area contributed by atoms with Crippen molar-refractivity contribution < 1.29 is 0 Å². The van der Waals surface area contributed by atoms with Gasteiger partial charge < -0.3 is 4.57 Å². The van der Waals surface area contributed by atoms with Crippen LogP contribution in [0.15, 0.2) is 70.4 Å². The van der Waals surface area contributed by atoms with Crippen LogP contribution in [0.1, 0.15) is 12.5 Å². The largest absolute Gasteiger partial charge is 0.318 e. The van der Waals surface area contributed by atoms with Crippen LogP contribution in [-0.4, -0.2) is 10.8 Å². The molecule has 0 amide bonds. The molecule has 110 valence electrons. The quantitative estimate of drug-likeness (QED) is 0.512. The summed E-state index contributed by atoms with van der Waals surface area (Å²) < 4.78 is 3.28. The van der Waals surface area contributed by atoms with E-state index in [0.717, 1.165) is 10.4 Å². The van der Waals surface area contributed by atoms with Crippen LogP contribution in [0, 0.1) is 0 Å². The molecule has 0 atom stereocenters. The van der Waals surface area contributed by atoms with Gasteiger partial charge in [0.05, 0.1) is 16.4 Å². The van der Waals surface area contributed by atoms with Crippen LogP contribution in [0.4, 0.5) is 0 Å². The number of hydrogen-bond donors (Lipinski definition) is 0. The third-order valence-electron chi connectivity index (χ3n) is 3.31. The number of hydrogen-bond acceptors (Lipinski definition) is 3. The van der Waals surface area contributed by atoms with Gasteiger partial charge in [-0.25, -0.2) is 0 Å². The molecular formula is C18H17N3S. The lowest BCUT2D eigenvalue weighted by Gasteiger charge is -1.93. The SMILES string of the molecule is CC(/C=N\N=c1\sc2ccccc2n1C)=C\c1ccccc1. The van der Waals surface area contributed by atoms with Crippen LogP contribution in [-0.2, 0) is 7.05 Å². The number of thiazole rings is 1. The maximum absolute atomic E-state index is 4.33. The minimum absolute atomic E-state index is 0.893. The molecule has 1 heterocycles. The third kappa shape index (κ3) is 3.23. The predicted molar refractivity (Wildman–Crippen MR) is 94.9 cm³/mol. The highest BCUT2D eigenvalue weighted by molar-refractivity contribution is 7.16. The van der Waals surface area contributed by atoms with Gasteiger partial charge in [-0.3, -0.25) is 0 Å². The summed E-state index contributed by atoms with van der Waals surface area (Å²) in [4.78, 5) is 0.893. The number of aryl methyl sites for hydroxylation is 1. The van der Waals surface area contributed by atoms with E-state index in [0.29, 0.717) is 0 Å². The molecule has 0 fully saturated rings. The van der Waals surface area contributed by atoms with Crippen LogP contribution in [0.3, 0.4) is 0 Å². The fourth-order valence-electron chi connectivity index (χ4n) is 2.20. The smallest absolute Gasteiger partial charge is 0.211 e. The van der Waals surface area contributed by atoms with Crippen molar-refractivity contribution in [3.8, 4) is 0 Å². The molecule has 0 aliphatic heterocycles. The Bertz CT molecular complexity index is 899. The second-order valence-electron chi connectivity index (χ2n) is 5.05. The number of rotatable bonds is 3. The van der Waals surface area contributed by atoms with Crippen LogP contribution in [0.5, 0.6) is 0 Å². The average molecular weight is 307 g/mol. The second-order valence-corrected chi connectivity index (χ2v) is 6.06. The summed E-state index contributed by atoms with van der Waals surface area (Å²) in [6.45, 7) is 2.02. The number of aromatic nitrogens is 1. The van der Waals surface area contributed by atoms with E-state index >= 15 is 0 Å². The lowest BCUT2D eigenvalue weighted by Crippen LogP contribution is -2.08. The van der Waals surface area contributed by atoms with Gasteiger partial charge in [-0.15, -0.1) is 5.10 Å². The summed E-state index contributed by atoms with van der Waals surface area (Å²) in [6, 6.07) is 18.5. The van der Waals surface area contributed by atoms with Crippen molar-refractivity contribution in [3.63, 3.8) is 0 Å². The molecule has 0 unspecified atom stereocenters. The first-order valence-corrected chi connectivity index (χ1v) is 7.91. The van der Waals surface area contributed by atoms with Gasteiger partial charge in [0.1, 0.15) is 0 Å². The minimum atomic E-state index is 0.893. The number of benzene rings is 2. The van der Waals surface area contributed by atoms with Gasteiger partial charge in [-0.05, 0) is 30.2 Å². The van der Waals surface area contributed by atoms with E-state index < -0.39 is 0 Å². The van der Waals surface area contributed by atoms with Crippen molar-refractivity contribution in [1.29, 1.82) is 0 Å². The normalized spacial score (nSPS) is 13.4. The number of para-hydroxylation sites is 1. The Morgan fingerprint density at radius 2 is 1.77 bits per heavy atom. The summed E-state index contributed by atoms with van der Waals surface area (Å²) in [5.74, 6) is 0. The molecule has 0 radical (unpaired) electrons. The summed E-state index contributed by atoms with van der Waals surface area (Å²) in [7, 11) is 2.01. The van der Waals surface area contributed by atoms with Crippen LogP contribution >= 0.6 is 11.3 Å². The van der Waals surface area contributed by atoms with E-state index in [-0.39, 0.29) is 0 Å². The lowest BCUT2D eigenvalue weighted by atomic mass is 10.1. The molecule has 0 saturated heterocycles. The van der Waals surface area contributed by atoms with E-state index in [1.807, 2.05) is 44.3 Å². The molecular weight excluding hydrogens is 290 g/mol. The van der Waals surface area contributed by atoms with Crippen molar-refractivity contribution in [2.24, 2.45) is 17.3 Å². The molecule has 0 aliphatic rings. The predicted octanol–water partition coefficient (Wildman–Crippen LogP) is 4.23. The fourth-order valence-corrected chi connectivity index (χ4v) is 3.17. The maximum atomic E-state index is 4.33. The van der Waals surface area contributed by atoms with E-state index in [4.69, 9.17) is 0 Å². The summed E-state index contributed by atoms with van der Waals surface area (Å²) in [6.07, 6.45) is 3.88. The fraction of sp³-hybridized carbons (Fsp3) is 0.111. The van der Waals surface area contributed by atoms with E-state index in [1.165, 1.54) is 15.8 Å². The highest BCUT2D eigenvalue weighted by Gasteiger charge is 2.00. The molecule has 0 spiro atoms. The van der Waals surface area contributed by atoms with Crippen molar-refractivity contribution in [1.82, 2.24) is 4.57 Å². The van der Waals surface area contributed by atoms with E-state index in [1.54, 1.807) is 17.6 Å². The van der Waals surface area contributed by atoms with Gasteiger partial charge in [0.25, 0.3) is 0 Å². The van der Waals surface area contributed by atoms with Crippen LogP contribution in [0.25, 0.3) is 16.3 Å². The Kier molecular flexibility index (Phi) is 4.30. The lowest BCUT2D eigenvalue weighted by molar-refractivity contribution is 0.889. The van der Waals surface area contributed by atoms with E-state index in [2.05, 4.69) is 45.1 Å². The van der Waals surface area contributed by atoms with Crippen molar-refractivity contribution in [2.75, 3.05) is 0 Å². The highest BCUT2D eigenvalue weighted by atomic mass is 32.1. The first kappa shape index (κ1) is 14.5. The van der Waals surface area contributed by atoms with Gasteiger partial charge in [0, 0.05) is 7.05 Å². The van der Waals surface area contributed by atoms with Crippen LogP contribution in [0.2, 0.25) is 0 Å². The van der Waals surface area contributed by atoms with E-state index in [9.17, 15) is 0 Å². The molecule has 0 saturated carbocycles. The van der Waals surface area contributed by atoms with Gasteiger partial charge >= 0.3 is 0 Å². The first-order chi connectivity index (χ1) is 10.7. The van der Waals surface area contributed by atoms with Crippen molar-refractivity contribution in [2.45, 2.75) is 6.92 Å². The number of allylic oxidation sites excluding steroid dienone is 1. The molecule has 2 aromatic carbocycles. The van der Waals surface area contributed by atoms with Crippen molar-refractivity contribution in [3.05, 3.63) is 70.5 Å². The van der Waals surface area contributed by atoms with Crippen molar-refractivity contribution >= 4 is 33.8 Å². The Hall–Kier alpha value is -2.46. The second kappa shape index (κ2) is 6.54. The molecule has 22 heavy (non-hydrogen) atoms. The van der Waals surface area contributed by atoms with Gasteiger partial charge in [0.2, 0.25) is 4.80 Å². The zero-order valence-electron chi connectivity index (χ0n) is 12.6. The Morgan fingerprint density at radius 3 is 2.55 bits per heavy atom. The Labute approximate surface area is 133 Å². The summed E-state index contributed by atoms with van der Waals surface area (Å²) in [5, 5.41) is 8.55. The number of nitrogens with zero attached hydrogens (tertiary/aromatic N) is 3. The molecule has 4 heteroatoms. The molecule has 3 rings (SSSR count). The highest BCUT2D eigenvalue weighted by Crippen LogP contribution is 2.15. The zero-order valence-corrected chi connectivity index (χ0v) is 13.4. The Balaban J connectivity index is 1.86. The zero-order chi connectivity index (χ0) is 15.4. The molecule has 0 N–H and O–H groups in total. The molecule has 1 aromatic heterocycles. The summed E-state index contributed by atoms with van der Waals surface area (Å²) in [5.41, 5.74) is 3.41. The number of fused-ring (bicyclic) bond motifs is 1. The first-order valence-electron chi connectivity index (χ1n) is 7.09.